The van der Waals surface area contributed by atoms with Crippen LogP contribution in [0.25, 0.3) is 0 Å². The van der Waals surface area contributed by atoms with Gasteiger partial charge in [0.1, 0.15) is 0 Å². The van der Waals surface area contributed by atoms with Crippen molar-refractivity contribution in [3.63, 3.8) is 0 Å². The zero-order valence-corrected chi connectivity index (χ0v) is 11.4. The average molecular weight is 289 g/mol. The lowest BCUT2D eigenvalue weighted by Gasteiger charge is -2.04. The summed E-state index contributed by atoms with van der Waals surface area (Å²) in [4.78, 5) is 4.30. The predicted molar refractivity (Wildman–Crippen MR) is 70.2 cm³/mol. The minimum atomic E-state index is 0.334. The van der Waals surface area contributed by atoms with Gasteiger partial charge < -0.3 is 5.73 Å². The Balaban J connectivity index is 2.12. The van der Waals surface area contributed by atoms with E-state index in [1.165, 1.54) is 12.8 Å². The van der Waals surface area contributed by atoms with Gasteiger partial charge in [-0.25, -0.2) is 4.98 Å². The number of hydrogen-bond donors (Lipinski definition) is 1. The van der Waals surface area contributed by atoms with Crippen molar-refractivity contribution in [3.8, 4) is 0 Å². The highest BCUT2D eigenvalue weighted by molar-refractivity contribution is 9.10. The number of hydrogen-bond acceptors (Lipinski definition) is 3. The van der Waals surface area contributed by atoms with Crippen molar-refractivity contribution in [2.45, 2.75) is 37.3 Å². The molecule has 1 rings (SSSR count). The van der Waals surface area contributed by atoms with Crippen LogP contribution in [0, 0.1) is 0 Å². The topological polar surface area (TPSA) is 38.9 Å². The highest BCUT2D eigenvalue weighted by Gasteiger charge is 1.97. The van der Waals surface area contributed by atoms with Crippen molar-refractivity contribution in [2.75, 3.05) is 5.75 Å². The molecule has 0 amide bonds. The quantitative estimate of drug-likeness (QED) is 0.644. The van der Waals surface area contributed by atoms with E-state index in [1.54, 1.807) is 0 Å². The second-order valence-electron chi connectivity index (χ2n) is 3.64. The van der Waals surface area contributed by atoms with Crippen molar-refractivity contribution in [1.29, 1.82) is 0 Å². The van der Waals surface area contributed by atoms with Crippen LogP contribution in [0.4, 0.5) is 0 Å². The number of halogens is 1. The van der Waals surface area contributed by atoms with Gasteiger partial charge in [-0.05, 0) is 53.6 Å². The summed E-state index contributed by atoms with van der Waals surface area (Å²) in [5.41, 5.74) is 5.68. The SMILES string of the molecule is CC(N)CCCCSc1ccc(Br)cn1. The third kappa shape index (κ3) is 6.17. The van der Waals surface area contributed by atoms with Gasteiger partial charge in [0.2, 0.25) is 0 Å². The maximum Gasteiger partial charge on any atom is 0.0960 e. The van der Waals surface area contributed by atoms with Gasteiger partial charge in [-0.3, -0.25) is 0 Å². The Hall–Kier alpha value is -0.0600. The molecule has 0 aliphatic heterocycles. The average Bonchev–Trinajstić information content (AvgIpc) is 2.20. The molecule has 0 bridgehead atoms. The molecule has 0 saturated heterocycles. The van der Waals surface area contributed by atoms with E-state index in [2.05, 4.69) is 27.8 Å². The summed E-state index contributed by atoms with van der Waals surface area (Å²) in [6.45, 7) is 2.06. The van der Waals surface area contributed by atoms with E-state index in [4.69, 9.17) is 5.73 Å². The van der Waals surface area contributed by atoms with Gasteiger partial charge >= 0.3 is 0 Å². The van der Waals surface area contributed by atoms with Crippen LogP contribution in [0.15, 0.2) is 27.8 Å². The van der Waals surface area contributed by atoms with Crippen LogP contribution in [-0.4, -0.2) is 16.8 Å². The molecule has 1 aromatic heterocycles. The maximum absolute atomic E-state index is 5.68. The first-order valence-electron chi connectivity index (χ1n) is 5.18. The zero-order chi connectivity index (χ0) is 11.1. The van der Waals surface area contributed by atoms with Crippen molar-refractivity contribution in [1.82, 2.24) is 4.98 Å². The van der Waals surface area contributed by atoms with Crippen LogP contribution in [-0.2, 0) is 0 Å². The lowest BCUT2D eigenvalue weighted by molar-refractivity contribution is 0.618. The molecule has 2 N–H and O–H groups in total. The standard InChI is InChI=1S/C11H17BrN2S/c1-9(13)4-2-3-7-15-11-6-5-10(12)8-14-11/h5-6,8-9H,2-4,7,13H2,1H3. The van der Waals surface area contributed by atoms with Crippen molar-refractivity contribution < 1.29 is 0 Å². The van der Waals surface area contributed by atoms with Gasteiger partial charge in [0.25, 0.3) is 0 Å². The Labute approximate surface area is 104 Å². The van der Waals surface area contributed by atoms with E-state index in [0.29, 0.717) is 6.04 Å². The van der Waals surface area contributed by atoms with E-state index in [0.717, 1.165) is 21.7 Å². The third-order valence-electron chi connectivity index (χ3n) is 2.00. The number of thioether (sulfide) groups is 1. The molecule has 1 heterocycles. The lowest BCUT2D eigenvalue weighted by Crippen LogP contribution is -2.13. The first-order chi connectivity index (χ1) is 7.18. The fourth-order valence-electron chi connectivity index (χ4n) is 1.19. The van der Waals surface area contributed by atoms with Crippen molar-refractivity contribution in [2.24, 2.45) is 5.73 Å². The van der Waals surface area contributed by atoms with Gasteiger partial charge in [-0.2, -0.15) is 0 Å². The third-order valence-corrected chi connectivity index (χ3v) is 3.50. The van der Waals surface area contributed by atoms with Crippen LogP contribution in [0.5, 0.6) is 0 Å². The maximum atomic E-state index is 5.68. The molecule has 84 valence electrons. The van der Waals surface area contributed by atoms with Crippen LogP contribution < -0.4 is 5.73 Å². The number of unbranched alkanes of at least 4 members (excludes halogenated alkanes) is 1. The molecule has 0 aromatic carbocycles. The first kappa shape index (κ1) is 13.0. The van der Waals surface area contributed by atoms with E-state index in [-0.39, 0.29) is 0 Å². The molecular weight excluding hydrogens is 272 g/mol. The molecule has 4 heteroatoms. The summed E-state index contributed by atoms with van der Waals surface area (Å²) >= 11 is 5.18. The highest BCUT2D eigenvalue weighted by atomic mass is 79.9. The Morgan fingerprint density at radius 1 is 1.47 bits per heavy atom. The van der Waals surface area contributed by atoms with Crippen LogP contribution in [0.3, 0.4) is 0 Å². The molecule has 0 radical (unpaired) electrons. The van der Waals surface area contributed by atoms with E-state index < -0.39 is 0 Å². The Morgan fingerprint density at radius 2 is 2.27 bits per heavy atom. The minimum Gasteiger partial charge on any atom is -0.328 e. The van der Waals surface area contributed by atoms with Gasteiger partial charge in [0, 0.05) is 16.7 Å². The molecule has 1 aromatic rings. The largest absolute Gasteiger partial charge is 0.328 e. The van der Waals surface area contributed by atoms with Crippen molar-refractivity contribution in [3.05, 3.63) is 22.8 Å². The fraction of sp³-hybridized carbons (Fsp3) is 0.545. The molecule has 0 saturated carbocycles. The molecule has 0 spiro atoms. The summed E-state index contributed by atoms with van der Waals surface area (Å²) in [5, 5.41) is 1.10. The highest BCUT2D eigenvalue weighted by Crippen LogP contribution is 2.19. The molecule has 0 aliphatic rings. The number of nitrogens with zero attached hydrogens (tertiary/aromatic N) is 1. The number of nitrogens with two attached hydrogens (primary N) is 1. The van der Waals surface area contributed by atoms with Crippen molar-refractivity contribution >= 4 is 27.7 Å². The summed E-state index contributed by atoms with van der Waals surface area (Å²) in [6.07, 6.45) is 5.38. The minimum absolute atomic E-state index is 0.334. The van der Waals surface area contributed by atoms with Gasteiger partial charge in [0.05, 0.1) is 5.03 Å². The number of aromatic nitrogens is 1. The molecule has 15 heavy (non-hydrogen) atoms. The molecule has 1 unspecified atom stereocenters. The molecular formula is C11H17BrN2S. The summed E-state index contributed by atoms with van der Waals surface area (Å²) < 4.78 is 1.03. The summed E-state index contributed by atoms with van der Waals surface area (Å²) in [7, 11) is 0. The van der Waals surface area contributed by atoms with Gasteiger partial charge in [0.15, 0.2) is 0 Å². The second-order valence-corrected chi connectivity index (χ2v) is 5.67. The monoisotopic (exact) mass is 288 g/mol. The smallest absolute Gasteiger partial charge is 0.0960 e. The van der Waals surface area contributed by atoms with Crippen LogP contribution >= 0.6 is 27.7 Å². The first-order valence-corrected chi connectivity index (χ1v) is 6.96. The molecule has 0 fully saturated rings. The molecule has 0 aliphatic carbocycles. The summed E-state index contributed by atoms with van der Waals surface area (Å²) in [6, 6.07) is 4.40. The second kappa shape index (κ2) is 7.25. The molecule has 1 atom stereocenters. The van der Waals surface area contributed by atoms with Gasteiger partial charge in [-0.1, -0.05) is 6.42 Å². The van der Waals surface area contributed by atoms with E-state index >= 15 is 0 Å². The van der Waals surface area contributed by atoms with E-state index in [1.807, 2.05) is 30.1 Å². The van der Waals surface area contributed by atoms with Crippen LogP contribution in [0.2, 0.25) is 0 Å². The summed E-state index contributed by atoms with van der Waals surface area (Å²) in [5.74, 6) is 1.13. The predicted octanol–water partition coefficient (Wildman–Crippen LogP) is 3.45. The van der Waals surface area contributed by atoms with Gasteiger partial charge in [-0.15, -0.1) is 11.8 Å². The normalized spacial score (nSPS) is 12.7. The van der Waals surface area contributed by atoms with Crippen LogP contribution in [0.1, 0.15) is 26.2 Å². The fourth-order valence-corrected chi connectivity index (χ4v) is 2.28. The number of pyridine rings is 1. The lowest BCUT2D eigenvalue weighted by atomic mass is 10.2. The van der Waals surface area contributed by atoms with E-state index in [9.17, 15) is 0 Å². The zero-order valence-electron chi connectivity index (χ0n) is 8.95. The Morgan fingerprint density at radius 3 is 2.87 bits per heavy atom. The Bertz CT molecular complexity index is 274. The molecule has 2 nitrogen and oxygen atoms in total. The number of rotatable bonds is 6. The Kier molecular flexibility index (Phi) is 6.29.